The van der Waals surface area contributed by atoms with Crippen molar-refractivity contribution in [2.75, 3.05) is 13.1 Å². The third-order valence-electron chi connectivity index (χ3n) is 2.88. The third kappa shape index (κ3) is 3.87. The van der Waals surface area contributed by atoms with Gasteiger partial charge in [0.15, 0.2) is 0 Å². The van der Waals surface area contributed by atoms with E-state index in [1.54, 1.807) is 20.8 Å². The fraction of sp³-hybridized carbons (Fsp3) is 0.833. The Morgan fingerprint density at radius 3 is 2.50 bits per heavy atom. The number of carboxylic acid groups (broad SMARTS) is 1. The second kappa shape index (κ2) is 5.56. The van der Waals surface area contributed by atoms with Crippen LogP contribution in [0.4, 0.5) is 4.79 Å². The number of amides is 1. The summed E-state index contributed by atoms with van der Waals surface area (Å²) in [5, 5.41) is 9.14. The highest BCUT2D eigenvalue weighted by Gasteiger charge is 2.41. The van der Waals surface area contributed by atoms with E-state index in [1.807, 2.05) is 0 Å². The van der Waals surface area contributed by atoms with E-state index in [0.29, 0.717) is 19.5 Å². The van der Waals surface area contributed by atoms with E-state index in [9.17, 15) is 9.59 Å². The third-order valence-corrected chi connectivity index (χ3v) is 2.88. The predicted molar refractivity (Wildman–Crippen MR) is 66.1 cm³/mol. The van der Waals surface area contributed by atoms with Crippen LogP contribution in [0.25, 0.3) is 0 Å². The van der Waals surface area contributed by atoms with Crippen LogP contribution in [0.15, 0.2) is 0 Å². The first kappa shape index (κ1) is 14.8. The number of carbonyl (C=O) groups is 2. The summed E-state index contributed by atoms with van der Waals surface area (Å²) in [5.41, 5.74) is 4.85. The Kier molecular flexibility index (Phi) is 4.56. The van der Waals surface area contributed by atoms with E-state index >= 15 is 0 Å². The van der Waals surface area contributed by atoms with Gasteiger partial charge in [0.25, 0.3) is 0 Å². The lowest BCUT2D eigenvalue weighted by molar-refractivity contribution is -0.142. The van der Waals surface area contributed by atoms with Gasteiger partial charge in [-0.3, -0.25) is 4.90 Å². The van der Waals surface area contributed by atoms with Crippen LogP contribution < -0.4 is 5.73 Å². The maximum atomic E-state index is 11.9. The zero-order chi connectivity index (χ0) is 13.9. The number of aliphatic carboxylic acids is 1. The van der Waals surface area contributed by atoms with Gasteiger partial charge in [-0.25, -0.2) is 9.59 Å². The number of likely N-dealkylation sites (tertiary alicyclic amines) is 1. The van der Waals surface area contributed by atoms with Gasteiger partial charge < -0.3 is 15.6 Å². The molecule has 3 N–H and O–H groups in total. The van der Waals surface area contributed by atoms with Crippen molar-refractivity contribution in [3.63, 3.8) is 0 Å². The number of carbonyl (C=O) groups excluding carboxylic acids is 1. The lowest BCUT2D eigenvalue weighted by atomic mass is 10.0. The quantitative estimate of drug-likeness (QED) is 0.789. The average Bonchev–Trinajstić information content (AvgIpc) is 2.59. The van der Waals surface area contributed by atoms with Crippen LogP contribution in [0.3, 0.4) is 0 Å². The monoisotopic (exact) mass is 258 g/mol. The predicted octanol–water partition coefficient (Wildman–Crippen LogP) is 1.05. The van der Waals surface area contributed by atoms with Gasteiger partial charge >= 0.3 is 12.1 Å². The maximum absolute atomic E-state index is 11.9. The van der Waals surface area contributed by atoms with Crippen molar-refractivity contribution in [1.29, 1.82) is 0 Å². The van der Waals surface area contributed by atoms with Crippen molar-refractivity contribution < 1.29 is 19.4 Å². The summed E-state index contributed by atoms with van der Waals surface area (Å²) >= 11 is 0. The number of nitrogens with two attached hydrogens (primary N) is 1. The number of ether oxygens (including phenoxy) is 1. The number of hydrogen-bond donors (Lipinski definition) is 2. The van der Waals surface area contributed by atoms with Gasteiger partial charge in [-0.2, -0.15) is 0 Å². The Morgan fingerprint density at radius 1 is 1.44 bits per heavy atom. The van der Waals surface area contributed by atoms with E-state index < -0.39 is 23.7 Å². The SMILES string of the molecule is CC(C)(C)OC(=O)N1C[C@@H](CCN)C[C@@H]1C(=O)O. The summed E-state index contributed by atoms with van der Waals surface area (Å²) in [6.45, 7) is 6.18. The highest BCUT2D eigenvalue weighted by atomic mass is 16.6. The Bertz CT molecular complexity index is 325. The highest BCUT2D eigenvalue weighted by Crippen LogP contribution is 2.27. The number of nitrogens with zero attached hydrogens (tertiary/aromatic N) is 1. The molecular formula is C12H22N2O4. The largest absolute Gasteiger partial charge is 0.480 e. The van der Waals surface area contributed by atoms with Crippen LogP contribution in [0.1, 0.15) is 33.6 Å². The maximum Gasteiger partial charge on any atom is 0.411 e. The van der Waals surface area contributed by atoms with Gasteiger partial charge in [0.2, 0.25) is 0 Å². The Hall–Kier alpha value is -1.30. The van der Waals surface area contributed by atoms with Crippen LogP contribution in [0.5, 0.6) is 0 Å². The molecular weight excluding hydrogens is 236 g/mol. The van der Waals surface area contributed by atoms with Crippen LogP contribution in [0.2, 0.25) is 0 Å². The van der Waals surface area contributed by atoms with Crippen LogP contribution in [-0.2, 0) is 9.53 Å². The van der Waals surface area contributed by atoms with Gasteiger partial charge in [0.1, 0.15) is 11.6 Å². The van der Waals surface area contributed by atoms with Gasteiger partial charge in [0, 0.05) is 6.54 Å². The van der Waals surface area contributed by atoms with E-state index in [1.165, 1.54) is 4.90 Å². The summed E-state index contributed by atoms with van der Waals surface area (Å²) in [6, 6.07) is -0.795. The molecule has 2 atom stereocenters. The van der Waals surface area contributed by atoms with Crippen molar-refractivity contribution in [1.82, 2.24) is 4.90 Å². The number of carboxylic acids is 1. The first-order valence-corrected chi connectivity index (χ1v) is 6.17. The molecule has 0 radical (unpaired) electrons. The Morgan fingerprint density at radius 2 is 2.06 bits per heavy atom. The minimum absolute atomic E-state index is 0.142. The molecule has 1 fully saturated rings. The summed E-state index contributed by atoms with van der Waals surface area (Å²) in [7, 11) is 0. The molecule has 1 saturated heterocycles. The molecule has 0 saturated carbocycles. The molecule has 0 aromatic carbocycles. The molecule has 1 rings (SSSR count). The minimum Gasteiger partial charge on any atom is -0.480 e. The Balaban J connectivity index is 2.72. The van der Waals surface area contributed by atoms with Crippen LogP contribution in [-0.4, -0.2) is 46.8 Å². The van der Waals surface area contributed by atoms with Crippen molar-refractivity contribution in [3.8, 4) is 0 Å². The van der Waals surface area contributed by atoms with E-state index in [-0.39, 0.29) is 5.92 Å². The molecule has 6 heteroatoms. The van der Waals surface area contributed by atoms with Gasteiger partial charge in [-0.1, -0.05) is 0 Å². The topological polar surface area (TPSA) is 92.9 Å². The van der Waals surface area contributed by atoms with Gasteiger partial charge in [-0.05, 0) is 46.1 Å². The van der Waals surface area contributed by atoms with Gasteiger partial charge in [0.05, 0.1) is 0 Å². The molecule has 0 aliphatic carbocycles. The zero-order valence-corrected chi connectivity index (χ0v) is 11.2. The second-order valence-electron chi connectivity index (χ2n) is 5.67. The molecule has 0 bridgehead atoms. The van der Waals surface area contributed by atoms with Crippen molar-refractivity contribution in [2.24, 2.45) is 11.7 Å². The van der Waals surface area contributed by atoms with Crippen molar-refractivity contribution in [2.45, 2.75) is 45.3 Å². The van der Waals surface area contributed by atoms with Crippen molar-refractivity contribution >= 4 is 12.1 Å². The molecule has 1 heterocycles. The van der Waals surface area contributed by atoms with E-state index in [2.05, 4.69) is 0 Å². The molecule has 0 spiro atoms. The lowest BCUT2D eigenvalue weighted by Crippen LogP contribution is -2.43. The first-order valence-electron chi connectivity index (χ1n) is 6.17. The standard InChI is InChI=1S/C12H22N2O4/c1-12(2,3)18-11(17)14-7-8(4-5-13)6-9(14)10(15)16/h8-9H,4-7,13H2,1-3H3,(H,15,16)/t8-,9+/m0/s1. The average molecular weight is 258 g/mol. The molecule has 1 aliphatic heterocycles. The molecule has 1 amide bonds. The fourth-order valence-corrected chi connectivity index (χ4v) is 2.12. The minimum atomic E-state index is -0.986. The molecule has 6 nitrogen and oxygen atoms in total. The molecule has 104 valence electrons. The summed E-state index contributed by atoms with van der Waals surface area (Å²) in [4.78, 5) is 24.4. The van der Waals surface area contributed by atoms with Gasteiger partial charge in [-0.15, -0.1) is 0 Å². The van der Waals surface area contributed by atoms with Crippen LogP contribution in [0, 0.1) is 5.92 Å². The molecule has 0 aromatic heterocycles. The lowest BCUT2D eigenvalue weighted by Gasteiger charge is -2.26. The van der Waals surface area contributed by atoms with Crippen LogP contribution >= 0.6 is 0 Å². The molecule has 18 heavy (non-hydrogen) atoms. The molecule has 0 unspecified atom stereocenters. The van der Waals surface area contributed by atoms with Crippen molar-refractivity contribution in [3.05, 3.63) is 0 Å². The van der Waals surface area contributed by atoms with E-state index in [4.69, 9.17) is 15.6 Å². The smallest absolute Gasteiger partial charge is 0.411 e. The number of rotatable bonds is 3. The Labute approximate surface area is 107 Å². The zero-order valence-electron chi connectivity index (χ0n) is 11.2. The first-order chi connectivity index (χ1) is 8.24. The summed E-state index contributed by atoms with van der Waals surface area (Å²) in [5.74, 6) is -0.844. The summed E-state index contributed by atoms with van der Waals surface area (Å²) in [6.07, 6.45) is 0.615. The van der Waals surface area contributed by atoms with E-state index in [0.717, 1.165) is 6.42 Å². The normalized spacial score (nSPS) is 24.1. The molecule has 1 aliphatic rings. The second-order valence-corrected chi connectivity index (χ2v) is 5.67. The molecule has 0 aromatic rings. The summed E-state index contributed by atoms with van der Waals surface area (Å²) < 4.78 is 5.22. The highest BCUT2D eigenvalue weighted by molar-refractivity contribution is 5.80. The fourth-order valence-electron chi connectivity index (χ4n) is 2.12. The number of hydrogen-bond acceptors (Lipinski definition) is 4.